The number of imidazole rings is 1. The number of hydrogen-bond donors (Lipinski definition) is 2. The summed E-state index contributed by atoms with van der Waals surface area (Å²) in [6, 6.07) is 19.3. The van der Waals surface area contributed by atoms with Crippen LogP contribution in [0.2, 0.25) is 0 Å². The van der Waals surface area contributed by atoms with Crippen molar-refractivity contribution in [1.29, 1.82) is 5.26 Å². The number of carboxylic acid groups (broad SMARTS) is 1. The van der Waals surface area contributed by atoms with Gasteiger partial charge in [-0.25, -0.2) is 14.2 Å². The molecule has 5 aromatic rings. The third-order valence-corrected chi connectivity index (χ3v) is 6.18. The molecular formula is C27H21FN4O2. The second-order valence-corrected chi connectivity index (χ2v) is 8.93. The summed E-state index contributed by atoms with van der Waals surface area (Å²) in [5, 5.41) is 19.9. The van der Waals surface area contributed by atoms with Crippen LogP contribution >= 0.6 is 0 Å². The van der Waals surface area contributed by atoms with E-state index in [2.05, 4.69) is 20.6 Å². The van der Waals surface area contributed by atoms with E-state index in [4.69, 9.17) is 0 Å². The van der Waals surface area contributed by atoms with Gasteiger partial charge in [-0.05, 0) is 54.1 Å². The van der Waals surface area contributed by atoms with Gasteiger partial charge < -0.3 is 14.7 Å². The predicted octanol–water partition coefficient (Wildman–Crippen LogP) is 6.20. The highest BCUT2D eigenvalue weighted by atomic mass is 19.1. The Labute approximate surface area is 194 Å². The lowest BCUT2D eigenvalue weighted by Gasteiger charge is -2.26. The highest BCUT2D eigenvalue weighted by Crippen LogP contribution is 2.45. The van der Waals surface area contributed by atoms with Gasteiger partial charge in [0.05, 0.1) is 34.5 Å². The van der Waals surface area contributed by atoms with Gasteiger partial charge in [0.1, 0.15) is 5.82 Å². The molecule has 0 saturated carbocycles. The summed E-state index contributed by atoms with van der Waals surface area (Å²) < 4.78 is 15.9. The number of benzene rings is 3. The van der Waals surface area contributed by atoms with Gasteiger partial charge in [0.15, 0.2) is 0 Å². The normalized spacial score (nSPS) is 11.7. The Morgan fingerprint density at radius 2 is 1.85 bits per heavy atom. The number of nitrogens with one attached hydrogen (secondary N) is 1. The van der Waals surface area contributed by atoms with Gasteiger partial charge in [-0.2, -0.15) is 5.26 Å². The smallest absolute Gasteiger partial charge is 0.335 e. The fourth-order valence-electron chi connectivity index (χ4n) is 4.57. The number of aromatic carboxylic acids is 1. The van der Waals surface area contributed by atoms with Gasteiger partial charge in [0.25, 0.3) is 0 Å². The van der Waals surface area contributed by atoms with Crippen LogP contribution in [0.15, 0.2) is 67.0 Å². The van der Waals surface area contributed by atoms with Gasteiger partial charge in [-0.1, -0.05) is 26.0 Å². The van der Waals surface area contributed by atoms with Gasteiger partial charge in [-0.15, -0.1) is 0 Å². The first kappa shape index (κ1) is 21.4. The lowest BCUT2D eigenvalue weighted by Crippen LogP contribution is -2.21. The molecule has 2 heterocycles. The van der Waals surface area contributed by atoms with E-state index in [1.165, 1.54) is 12.1 Å². The minimum atomic E-state index is -0.996. The molecule has 3 aromatic carbocycles. The van der Waals surface area contributed by atoms with Gasteiger partial charge in [-0.3, -0.25) is 0 Å². The number of nitrogens with zero attached hydrogens (tertiary/aromatic N) is 3. The first-order chi connectivity index (χ1) is 16.3. The number of rotatable bonds is 5. The van der Waals surface area contributed by atoms with Crippen molar-refractivity contribution >= 4 is 27.9 Å². The molecule has 0 unspecified atom stereocenters. The Kier molecular flexibility index (Phi) is 4.94. The van der Waals surface area contributed by atoms with Crippen molar-refractivity contribution in [2.75, 3.05) is 0 Å². The van der Waals surface area contributed by atoms with Crippen molar-refractivity contribution in [3.63, 3.8) is 0 Å². The topological polar surface area (TPSA) is 94.7 Å². The van der Waals surface area contributed by atoms with E-state index < -0.39 is 11.4 Å². The minimum absolute atomic E-state index is 0.194. The molecule has 6 nitrogen and oxygen atoms in total. The van der Waals surface area contributed by atoms with Crippen molar-refractivity contribution in [3.8, 4) is 22.9 Å². The number of carbonyl (C=O) groups is 1. The zero-order valence-electron chi connectivity index (χ0n) is 18.6. The number of halogens is 1. The molecule has 34 heavy (non-hydrogen) atoms. The molecule has 0 bridgehead atoms. The number of aromatic nitrogens is 3. The van der Waals surface area contributed by atoms with Crippen LogP contribution in [-0.4, -0.2) is 25.6 Å². The second-order valence-electron chi connectivity index (χ2n) is 8.93. The van der Waals surface area contributed by atoms with Crippen LogP contribution in [0.5, 0.6) is 0 Å². The van der Waals surface area contributed by atoms with Crippen LogP contribution in [0.3, 0.4) is 0 Å². The molecule has 0 aliphatic carbocycles. The minimum Gasteiger partial charge on any atom is -0.478 e. The van der Waals surface area contributed by atoms with Crippen molar-refractivity contribution < 1.29 is 14.3 Å². The summed E-state index contributed by atoms with van der Waals surface area (Å²) in [4.78, 5) is 19.0. The molecule has 0 spiro atoms. The first-order valence-corrected chi connectivity index (χ1v) is 10.8. The van der Waals surface area contributed by atoms with Crippen LogP contribution in [0, 0.1) is 17.1 Å². The second kappa shape index (κ2) is 7.85. The van der Waals surface area contributed by atoms with Crippen LogP contribution in [0.1, 0.15) is 36.3 Å². The van der Waals surface area contributed by atoms with E-state index in [0.717, 1.165) is 44.4 Å². The molecule has 0 fully saturated rings. The summed E-state index contributed by atoms with van der Waals surface area (Å²) in [5.74, 6) is -1.33. The van der Waals surface area contributed by atoms with Gasteiger partial charge >= 0.3 is 5.97 Å². The van der Waals surface area contributed by atoms with Gasteiger partial charge in [0.2, 0.25) is 0 Å². The van der Waals surface area contributed by atoms with E-state index >= 15 is 0 Å². The summed E-state index contributed by atoms with van der Waals surface area (Å²) in [6.07, 6.45) is 1.88. The molecule has 2 aromatic heterocycles. The first-order valence-electron chi connectivity index (χ1n) is 10.8. The molecule has 5 rings (SSSR count). The Bertz CT molecular complexity index is 1590. The SMILES string of the molecule is CC(C)(CC#N)c1c(-c2ccc(C(=O)O)cc2)c2cc3[nH]cnc3cc2n1-c1ccc(F)cc1. The van der Waals surface area contributed by atoms with Crippen molar-refractivity contribution in [2.45, 2.75) is 25.7 Å². The molecule has 0 radical (unpaired) electrons. The Hall–Kier alpha value is -4.44. The molecule has 7 heteroatoms. The van der Waals surface area contributed by atoms with Crippen LogP contribution in [-0.2, 0) is 5.41 Å². The summed E-state index contributed by atoms with van der Waals surface area (Å²) >= 11 is 0. The Morgan fingerprint density at radius 3 is 2.50 bits per heavy atom. The largest absolute Gasteiger partial charge is 0.478 e. The summed E-state index contributed by atoms with van der Waals surface area (Å²) in [5.41, 5.74) is 5.49. The number of H-pyrrole nitrogens is 1. The highest BCUT2D eigenvalue weighted by Gasteiger charge is 2.32. The van der Waals surface area contributed by atoms with Crippen molar-refractivity contribution in [3.05, 3.63) is 84.1 Å². The third-order valence-electron chi connectivity index (χ3n) is 6.18. The quantitative estimate of drug-likeness (QED) is 0.332. The maximum atomic E-state index is 13.8. The molecule has 0 aliphatic heterocycles. The molecule has 0 atom stereocenters. The zero-order valence-corrected chi connectivity index (χ0v) is 18.6. The fraction of sp³-hybridized carbons (Fsp3) is 0.148. The average Bonchev–Trinajstić information content (AvgIpc) is 3.40. The monoisotopic (exact) mass is 452 g/mol. The molecule has 0 saturated heterocycles. The van der Waals surface area contributed by atoms with Gasteiger partial charge in [0, 0.05) is 34.2 Å². The fourth-order valence-corrected chi connectivity index (χ4v) is 4.57. The maximum absolute atomic E-state index is 13.8. The van der Waals surface area contributed by atoms with E-state index in [9.17, 15) is 19.6 Å². The lowest BCUT2D eigenvalue weighted by molar-refractivity contribution is 0.0697. The number of nitriles is 1. The van der Waals surface area contributed by atoms with E-state index in [0.29, 0.717) is 0 Å². The number of aromatic amines is 1. The zero-order chi connectivity index (χ0) is 24.0. The molecular weight excluding hydrogens is 431 g/mol. The van der Waals surface area contributed by atoms with E-state index in [-0.39, 0.29) is 17.8 Å². The van der Waals surface area contributed by atoms with Crippen LogP contribution < -0.4 is 0 Å². The number of carboxylic acids is 1. The third kappa shape index (κ3) is 3.41. The standard InChI is InChI=1S/C27H21FN4O2/c1-27(2,11-12-29)25-24(16-3-5-17(6-4-16)26(33)34)20-13-21-22(31-15-30-21)14-23(20)32(25)19-9-7-18(28)8-10-19/h3-10,13-15H,11H2,1-2H3,(H,30,31)(H,33,34). The molecule has 168 valence electrons. The Morgan fingerprint density at radius 1 is 1.15 bits per heavy atom. The molecule has 2 N–H and O–H groups in total. The summed E-state index contributed by atoms with van der Waals surface area (Å²) in [7, 11) is 0. The Balaban J connectivity index is 1.94. The van der Waals surface area contributed by atoms with Crippen molar-refractivity contribution in [2.24, 2.45) is 0 Å². The van der Waals surface area contributed by atoms with E-state index in [1.54, 1.807) is 42.7 Å². The summed E-state index contributed by atoms with van der Waals surface area (Å²) in [6.45, 7) is 4.01. The lowest BCUT2D eigenvalue weighted by atomic mass is 9.81. The predicted molar refractivity (Wildman–Crippen MR) is 129 cm³/mol. The van der Waals surface area contributed by atoms with E-state index in [1.807, 2.05) is 26.0 Å². The van der Waals surface area contributed by atoms with Crippen LogP contribution in [0.25, 0.3) is 38.8 Å². The van der Waals surface area contributed by atoms with Crippen molar-refractivity contribution in [1.82, 2.24) is 14.5 Å². The average molecular weight is 452 g/mol. The number of hydrogen-bond acceptors (Lipinski definition) is 3. The number of fused-ring (bicyclic) bond motifs is 2. The molecule has 0 amide bonds. The maximum Gasteiger partial charge on any atom is 0.335 e. The van der Waals surface area contributed by atoms with Crippen LogP contribution in [0.4, 0.5) is 4.39 Å². The highest BCUT2D eigenvalue weighted by molar-refractivity contribution is 6.05. The molecule has 0 aliphatic rings.